The van der Waals surface area contributed by atoms with E-state index >= 15 is 0 Å². The fourth-order valence-corrected chi connectivity index (χ4v) is 5.42. The predicted molar refractivity (Wildman–Crippen MR) is 153 cm³/mol. The van der Waals surface area contributed by atoms with E-state index in [1.165, 1.54) is 61.5 Å². The molecule has 41 heavy (non-hydrogen) atoms. The maximum atomic E-state index is 14.6. The van der Waals surface area contributed by atoms with Gasteiger partial charge in [0.1, 0.15) is 30.0 Å². The second kappa shape index (κ2) is 13.1. The lowest BCUT2D eigenvalue weighted by Gasteiger charge is -2.33. The van der Waals surface area contributed by atoms with E-state index in [9.17, 15) is 26.8 Å². The SMILES string of the molecule is CCOc1ccc(S(=O)(=O)N(CC(=O)N(Cc2ccccc2F)[C@H](C)C(=O)NC(C)(C)C)c2ccc(F)cc2)cc1. The molecule has 0 bridgehead atoms. The number of nitrogens with zero attached hydrogens (tertiary/aromatic N) is 2. The summed E-state index contributed by atoms with van der Waals surface area (Å²) in [6.07, 6.45) is 0. The molecule has 0 saturated heterocycles. The summed E-state index contributed by atoms with van der Waals surface area (Å²) in [7, 11) is -4.35. The minimum absolute atomic E-state index is 0.0336. The Morgan fingerprint density at radius 1 is 0.951 bits per heavy atom. The molecular formula is C30H35F2N3O5S. The van der Waals surface area contributed by atoms with Crippen LogP contribution in [0.4, 0.5) is 14.5 Å². The molecular weight excluding hydrogens is 552 g/mol. The van der Waals surface area contributed by atoms with Crippen LogP contribution in [0.1, 0.15) is 40.2 Å². The molecule has 0 radical (unpaired) electrons. The van der Waals surface area contributed by atoms with E-state index in [-0.39, 0.29) is 22.7 Å². The molecule has 0 heterocycles. The van der Waals surface area contributed by atoms with Gasteiger partial charge in [0.2, 0.25) is 11.8 Å². The Kier molecular flexibility index (Phi) is 10.1. The molecule has 0 aliphatic carbocycles. The quantitative estimate of drug-likeness (QED) is 0.345. The van der Waals surface area contributed by atoms with Crippen molar-refractivity contribution in [3.63, 3.8) is 0 Å². The number of carbonyl (C=O) groups is 2. The molecule has 2 amide bonds. The highest BCUT2D eigenvalue weighted by Crippen LogP contribution is 2.26. The summed E-state index contributed by atoms with van der Waals surface area (Å²) >= 11 is 0. The summed E-state index contributed by atoms with van der Waals surface area (Å²) in [5.41, 5.74) is -0.430. The second-order valence-corrected chi connectivity index (χ2v) is 12.3. The van der Waals surface area contributed by atoms with Gasteiger partial charge < -0.3 is 15.0 Å². The first-order valence-electron chi connectivity index (χ1n) is 13.1. The zero-order valence-electron chi connectivity index (χ0n) is 23.7. The number of halogens is 2. The van der Waals surface area contributed by atoms with Crippen molar-refractivity contribution in [1.29, 1.82) is 0 Å². The van der Waals surface area contributed by atoms with Crippen LogP contribution in [0, 0.1) is 11.6 Å². The molecule has 1 N–H and O–H groups in total. The van der Waals surface area contributed by atoms with Crippen LogP contribution in [0.3, 0.4) is 0 Å². The van der Waals surface area contributed by atoms with E-state index in [0.717, 1.165) is 21.3 Å². The van der Waals surface area contributed by atoms with Crippen LogP contribution in [0.5, 0.6) is 5.75 Å². The zero-order chi connectivity index (χ0) is 30.4. The fraction of sp³-hybridized carbons (Fsp3) is 0.333. The third-order valence-electron chi connectivity index (χ3n) is 6.08. The highest BCUT2D eigenvalue weighted by molar-refractivity contribution is 7.92. The van der Waals surface area contributed by atoms with Crippen molar-refractivity contribution >= 4 is 27.5 Å². The minimum atomic E-state index is -4.35. The van der Waals surface area contributed by atoms with Gasteiger partial charge in [0.05, 0.1) is 17.2 Å². The van der Waals surface area contributed by atoms with Crippen molar-refractivity contribution in [2.45, 2.75) is 57.6 Å². The standard InChI is InChI=1S/C30H35F2N3O5S/c1-6-40-25-15-17-26(18-16-25)41(38,39)35(24-13-11-23(31)12-14-24)20-28(36)34(19-22-9-7-8-10-27(22)32)21(2)29(37)33-30(3,4)5/h7-18,21H,6,19-20H2,1-5H3,(H,33,37)/t21-/m1/s1. The monoisotopic (exact) mass is 587 g/mol. The smallest absolute Gasteiger partial charge is 0.264 e. The third-order valence-corrected chi connectivity index (χ3v) is 7.87. The topological polar surface area (TPSA) is 96.0 Å². The first-order valence-corrected chi connectivity index (χ1v) is 14.5. The number of ether oxygens (including phenoxy) is 1. The van der Waals surface area contributed by atoms with Crippen molar-refractivity contribution in [3.8, 4) is 5.75 Å². The Balaban J connectivity index is 2.04. The van der Waals surface area contributed by atoms with Crippen molar-refractivity contribution in [3.05, 3.63) is 90.0 Å². The van der Waals surface area contributed by atoms with Gasteiger partial charge in [-0.3, -0.25) is 13.9 Å². The van der Waals surface area contributed by atoms with E-state index in [4.69, 9.17) is 4.74 Å². The van der Waals surface area contributed by atoms with Crippen LogP contribution < -0.4 is 14.4 Å². The van der Waals surface area contributed by atoms with E-state index in [0.29, 0.717) is 12.4 Å². The zero-order valence-corrected chi connectivity index (χ0v) is 24.5. The van der Waals surface area contributed by atoms with Gasteiger partial charge in [-0.15, -0.1) is 0 Å². The molecule has 0 fully saturated rings. The molecule has 0 aliphatic heterocycles. The van der Waals surface area contributed by atoms with E-state index < -0.39 is 51.6 Å². The molecule has 0 spiro atoms. The molecule has 11 heteroatoms. The van der Waals surface area contributed by atoms with Crippen LogP contribution >= 0.6 is 0 Å². The second-order valence-electron chi connectivity index (χ2n) is 10.4. The van der Waals surface area contributed by atoms with Gasteiger partial charge in [0, 0.05) is 17.6 Å². The van der Waals surface area contributed by atoms with E-state index in [2.05, 4.69) is 5.32 Å². The van der Waals surface area contributed by atoms with Gasteiger partial charge in [-0.05, 0) is 89.2 Å². The van der Waals surface area contributed by atoms with Crippen LogP contribution in [0.15, 0.2) is 77.7 Å². The number of benzene rings is 3. The number of sulfonamides is 1. The minimum Gasteiger partial charge on any atom is -0.494 e. The third kappa shape index (κ3) is 8.26. The summed E-state index contributed by atoms with van der Waals surface area (Å²) in [5.74, 6) is -1.96. The van der Waals surface area contributed by atoms with Crippen molar-refractivity contribution in [2.24, 2.45) is 0 Å². The lowest BCUT2D eigenvalue weighted by Crippen LogP contribution is -2.54. The molecule has 3 rings (SSSR count). The average molecular weight is 588 g/mol. The van der Waals surface area contributed by atoms with Crippen molar-refractivity contribution in [1.82, 2.24) is 10.2 Å². The molecule has 1 atom stereocenters. The molecule has 8 nitrogen and oxygen atoms in total. The Labute approximate surface area is 240 Å². The number of carbonyl (C=O) groups excluding carboxylic acids is 2. The molecule has 0 aromatic heterocycles. The number of anilines is 1. The number of amides is 2. The van der Waals surface area contributed by atoms with Gasteiger partial charge >= 0.3 is 0 Å². The van der Waals surface area contributed by atoms with Gasteiger partial charge in [-0.25, -0.2) is 17.2 Å². The van der Waals surface area contributed by atoms with Crippen molar-refractivity contribution in [2.75, 3.05) is 17.5 Å². The highest BCUT2D eigenvalue weighted by Gasteiger charge is 2.33. The average Bonchev–Trinajstić information content (AvgIpc) is 2.91. The summed E-state index contributed by atoms with van der Waals surface area (Å²) in [4.78, 5) is 28.0. The van der Waals surface area contributed by atoms with Crippen LogP contribution in [0.25, 0.3) is 0 Å². The van der Waals surface area contributed by atoms with E-state index in [1.54, 1.807) is 33.8 Å². The fourth-order valence-electron chi connectivity index (χ4n) is 4.00. The summed E-state index contributed by atoms with van der Waals surface area (Å²) in [5, 5.41) is 2.81. The summed E-state index contributed by atoms with van der Waals surface area (Å²) in [6, 6.07) is 15.1. The van der Waals surface area contributed by atoms with Crippen molar-refractivity contribution < 1.29 is 31.5 Å². The summed E-state index contributed by atoms with van der Waals surface area (Å²) < 4.78 is 62.3. The van der Waals surface area contributed by atoms with Crippen LogP contribution in [-0.2, 0) is 26.2 Å². The van der Waals surface area contributed by atoms with Gasteiger partial charge in [-0.1, -0.05) is 18.2 Å². The molecule has 0 unspecified atom stereocenters. The maximum absolute atomic E-state index is 14.6. The first kappa shape index (κ1) is 31.5. The lowest BCUT2D eigenvalue weighted by molar-refractivity contribution is -0.140. The number of nitrogens with one attached hydrogen (secondary N) is 1. The Bertz CT molecular complexity index is 1460. The first-order chi connectivity index (χ1) is 19.2. The van der Waals surface area contributed by atoms with Crippen LogP contribution in [-0.4, -0.2) is 49.9 Å². The normalized spacial score (nSPS) is 12.4. The maximum Gasteiger partial charge on any atom is 0.264 e. The Morgan fingerprint density at radius 3 is 2.12 bits per heavy atom. The largest absolute Gasteiger partial charge is 0.494 e. The van der Waals surface area contributed by atoms with Gasteiger partial charge in [0.25, 0.3) is 10.0 Å². The van der Waals surface area contributed by atoms with Crippen LogP contribution in [0.2, 0.25) is 0 Å². The summed E-state index contributed by atoms with van der Waals surface area (Å²) in [6.45, 7) is 7.99. The molecule has 0 saturated carbocycles. The molecule has 0 aliphatic rings. The molecule has 220 valence electrons. The number of rotatable bonds is 11. The number of hydrogen-bond donors (Lipinski definition) is 1. The molecule has 3 aromatic rings. The highest BCUT2D eigenvalue weighted by atomic mass is 32.2. The Hall–Kier alpha value is -3.99. The van der Waals surface area contributed by atoms with Gasteiger partial charge in [0.15, 0.2) is 0 Å². The lowest BCUT2D eigenvalue weighted by atomic mass is 10.1. The Morgan fingerprint density at radius 2 is 1.56 bits per heavy atom. The predicted octanol–water partition coefficient (Wildman–Crippen LogP) is 4.89. The van der Waals surface area contributed by atoms with Gasteiger partial charge in [-0.2, -0.15) is 0 Å². The van der Waals surface area contributed by atoms with E-state index in [1.807, 2.05) is 0 Å². The number of hydrogen-bond acceptors (Lipinski definition) is 5. The molecule has 3 aromatic carbocycles.